The van der Waals surface area contributed by atoms with Crippen molar-refractivity contribution < 1.29 is 14.0 Å². The molecule has 0 unspecified atom stereocenters. The van der Waals surface area contributed by atoms with Gasteiger partial charge in [0, 0.05) is 46.3 Å². The van der Waals surface area contributed by atoms with E-state index in [0.717, 1.165) is 26.5 Å². The van der Waals surface area contributed by atoms with Gasteiger partial charge in [-0.05, 0) is 73.9 Å². The first-order valence-electron chi connectivity index (χ1n) is 12.0. The summed E-state index contributed by atoms with van der Waals surface area (Å²) in [5, 5.41) is 1.13. The predicted octanol–water partition coefficient (Wildman–Crippen LogP) is 6.19. The maximum Gasteiger partial charge on any atom is 0.254 e. The van der Waals surface area contributed by atoms with Crippen LogP contribution >= 0.6 is 15.9 Å². The summed E-state index contributed by atoms with van der Waals surface area (Å²) in [4.78, 5) is 33.4. The molecule has 0 bridgehead atoms. The topological polar surface area (TPSA) is 56.4 Å². The zero-order valence-electron chi connectivity index (χ0n) is 20.4. The van der Waals surface area contributed by atoms with E-state index in [-0.39, 0.29) is 30.2 Å². The zero-order chi connectivity index (χ0) is 25.7. The number of hydrogen-bond acceptors (Lipinski definition) is 2. The molecule has 1 heterocycles. The predicted molar refractivity (Wildman–Crippen MR) is 144 cm³/mol. The molecule has 3 aromatic carbocycles. The number of para-hydroxylation sites is 1. The monoisotopic (exact) mass is 549 g/mol. The second-order valence-corrected chi connectivity index (χ2v) is 10.0. The van der Waals surface area contributed by atoms with Crippen molar-refractivity contribution in [2.24, 2.45) is 0 Å². The Morgan fingerprint density at radius 1 is 0.972 bits per heavy atom. The number of fused-ring (bicyclic) bond motifs is 1. The normalized spacial score (nSPS) is 11.1. The minimum Gasteiger partial charge on any atom is -0.361 e. The van der Waals surface area contributed by atoms with Gasteiger partial charge in [-0.25, -0.2) is 4.39 Å². The average Bonchev–Trinajstić information content (AvgIpc) is 3.29. The molecule has 0 aliphatic heterocycles. The standard InChI is InChI=1S/C29H29BrFN3O2/c1-20(2)34(29(36)22-9-11-24(30)12-10-22)19-28(35)33(18-21-7-13-25(31)14-8-21)16-15-23-17-32-27-6-4-3-5-26(23)27/h3-14,17,20,32H,15-16,18-19H2,1-2H3. The quantitative estimate of drug-likeness (QED) is 0.270. The molecular formula is C29H29BrFN3O2. The molecule has 4 rings (SSSR count). The Kier molecular flexibility index (Phi) is 8.21. The van der Waals surface area contributed by atoms with E-state index in [4.69, 9.17) is 0 Å². The molecule has 0 aliphatic rings. The molecule has 0 saturated carbocycles. The van der Waals surface area contributed by atoms with Crippen LogP contribution in [0, 0.1) is 5.82 Å². The second-order valence-electron chi connectivity index (χ2n) is 9.08. The third kappa shape index (κ3) is 6.21. The summed E-state index contributed by atoms with van der Waals surface area (Å²) in [6, 6.07) is 21.2. The van der Waals surface area contributed by atoms with Crippen LogP contribution in [0.2, 0.25) is 0 Å². The molecule has 0 radical (unpaired) electrons. The number of H-pyrrole nitrogens is 1. The van der Waals surface area contributed by atoms with Crippen molar-refractivity contribution >= 4 is 38.6 Å². The third-order valence-electron chi connectivity index (χ3n) is 6.25. The highest BCUT2D eigenvalue weighted by atomic mass is 79.9. The van der Waals surface area contributed by atoms with Crippen LogP contribution in [0.15, 0.2) is 83.5 Å². The van der Waals surface area contributed by atoms with E-state index in [0.29, 0.717) is 25.1 Å². The molecule has 0 atom stereocenters. The van der Waals surface area contributed by atoms with E-state index in [2.05, 4.69) is 27.0 Å². The molecule has 0 spiro atoms. The SMILES string of the molecule is CC(C)N(CC(=O)N(CCc1c[nH]c2ccccc12)Cc1ccc(F)cc1)C(=O)c1ccc(Br)cc1. The number of aromatic amines is 1. The fourth-order valence-electron chi connectivity index (χ4n) is 4.19. The first-order chi connectivity index (χ1) is 17.3. The summed E-state index contributed by atoms with van der Waals surface area (Å²) in [5.41, 5.74) is 3.53. The van der Waals surface area contributed by atoms with Crippen molar-refractivity contribution in [1.82, 2.24) is 14.8 Å². The van der Waals surface area contributed by atoms with Gasteiger partial charge in [0.2, 0.25) is 5.91 Å². The number of nitrogens with zero attached hydrogens (tertiary/aromatic N) is 2. The van der Waals surface area contributed by atoms with E-state index in [1.54, 1.807) is 34.1 Å². The van der Waals surface area contributed by atoms with Gasteiger partial charge in [0.05, 0.1) is 0 Å². The molecule has 0 aliphatic carbocycles. The molecule has 4 aromatic rings. The van der Waals surface area contributed by atoms with Crippen molar-refractivity contribution in [3.05, 3.63) is 106 Å². The van der Waals surface area contributed by atoms with Crippen molar-refractivity contribution in [1.29, 1.82) is 0 Å². The molecule has 2 amide bonds. The Morgan fingerprint density at radius 3 is 2.36 bits per heavy atom. The maximum absolute atomic E-state index is 13.6. The summed E-state index contributed by atoms with van der Waals surface area (Å²) in [6.07, 6.45) is 2.63. The number of nitrogens with one attached hydrogen (secondary N) is 1. The lowest BCUT2D eigenvalue weighted by atomic mass is 10.1. The Labute approximate surface area is 219 Å². The summed E-state index contributed by atoms with van der Waals surface area (Å²) in [7, 11) is 0. The molecular weight excluding hydrogens is 521 g/mol. The number of aromatic nitrogens is 1. The van der Waals surface area contributed by atoms with Crippen LogP contribution in [0.3, 0.4) is 0 Å². The fraction of sp³-hybridized carbons (Fsp3) is 0.241. The molecule has 186 valence electrons. The van der Waals surface area contributed by atoms with Crippen LogP contribution in [0.4, 0.5) is 4.39 Å². The first kappa shape index (κ1) is 25.6. The lowest BCUT2D eigenvalue weighted by molar-refractivity contribution is -0.132. The van der Waals surface area contributed by atoms with E-state index in [1.165, 1.54) is 12.1 Å². The molecule has 36 heavy (non-hydrogen) atoms. The van der Waals surface area contributed by atoms with Crippen molar-refractivity contribution in [2.75, 3.05) is 13.1 Å². The molecule has 1 aromatic heterocycles. The Hall–Kier alpha value is -3.45. The number of carbonyl (C=O) groups is 2. The smallest absolute Gasteiger partial charge is 0.254 e. The van der Waals surface area contributed by atoms with Crippen LogP contribution in [-0.2, 0) is 17.8 Å². The van der Waals surface area contributed by atoms with E-state index < -0.39 is 0 Å². The highest BCUT2D eigenvalue weighted by molar-refractivity contribution is 9.10. The van der Waals surface area contributed by atoms with Gasteiger partial charge in [0.15, 0.2) is 0 Å². The van der Waals surface area contributed by atoms with Gasteiger partial charge >= 0.3 is 0 Å². The van der Waals surface area contributed by atoms with Crippen LogP contribution in [0.25, 0.3) is 10.9 Å². The maximum atomic E-state index is 13.6. The van der Waals surface area contributed by atoms with Crippen LogP contribution < -0.4 is 0 Å². The largest absolute Gasteiger partial charge is 0.361 e. The van der Waals surface area contributed by atoms with Crippen LogP contribution in [0.1, 0.15) is 35.3 Å². The average molecular weight is 550 g/mol. The number of hydrogen-bond donors (Lipinski definition) is 1. The van der Waals surface area contributed by atoms with Gasteiger partial charge in [-0.15, -0.1) is 0 Å². The second kappa shape index (κ2) is 11.5. The minimum absolute atomic E-state index is 0.0400. The van der Waals surface area contributed by atoms with Crippen molar-refractivity contribution in [2.45, 2.75) is 32.9 Å². The number of benzene rings is 3. The number of carbonyl (C=O) groups excluding carboxylic acids is 2. The highest BCUT2D eigenvalue weighted by Gasteiger charge is 2.25. The zero-order valence-corrected chi connectivity index (χ0v) is 22.0. The number of amides is 2. The summed E-state index contributed by atoms with van der Waals surface area (Å²) < 4.78 is 14.4. The van der Waals surface area contributed by atoms with E-state index >= 15 is 0 Å². The lowest BCUT2D eigenvalue weighted by Crippen LogP contribution is -2.46. The van der Waals surface area contributed by atoms with Gasteiger partial charge in [-0.2, -0.15) is 0 Å². The van der Waals surface area contributed by atoms with Gasteiger partial charge in [0.25, 0.3) is 5.91 Å². The fourth-order valence-corrected chi connectivity index (χ4v) is 4.45. The first-order valence-corrected chi connectivity index (χ1v) is 12.7. The summed E-state index contributed by atoms with van der Waals surface area (Å²) in [6.45, 7) is 4.57. The van der Waals surface area contributed by atoms with Gasteiger partial charge in [-0.1, -0.05) is 46.3 Å². The van der Waals surface area contributed by atoms with E-state index in [1.807, 2.05) is 50.4 Å². The van der Waals surface area contributed by atoms with Crippen LogP contribution in [-0.4, -0.2) is 45.7 Å². The third-order valence-corrected chi connectivity index (χ3v) is 6.78. The molecule has 1 N–H and O–H groups in total. The van der Waals surface area contributed by atoms with Crippen molar-refractivity contribution in [3.8, 4) is 0 Å². The van der Waals surface area contributed by atoms with Gasteiger partial charge in [0.1, 0.15) is 12.4 Å². The lowest BCUT2D eigenvalue weighted by Gasteiger charge is -2.30. The number of halogens is 2. The van der Waals surface area contributed by atoms with Gasteiger partial charge < -0.3 is 14.8 Å². The number of rotatable bonds is 9. The minimum atomic E-state index is -0.318. The highest BCUT2D eigenvalue weighted by Crippen LogP contribution is 2.20. The van der Waals surface area contributed by atoms with Crippen LogP contribution in [0.5, 0.6) is 0 Å². The molecule has 5 nitrogen and oxygen atoms in total. The summed E-state index contributed by atoms with van der Waals surface area (Å²) >= 11 is 3.39. The Balaban J connectivity index is 1.54. The van der Waals surface area contributed by atoms with Gasteiger partial charge in [-0.3, -0.25) is 9.59 Å². The Bertz CT molecular complexity index is 1330. The van der Waals surface area contributed by atoms with Crippen molar-refractivity contribution in [3.63, 3.8) is 0 Å². The molecule has 0 saturated heterocycles. The molecule has 0 fully saturated rings. The summed E-state index contributed by atoms with van der Waals surface area (Å²) in [5.74, 6) is -0.663. The Morgan fingerprint density at radius 2 is 1.67 bits per heavy atom. The van der Waals surface area contributed by atoms with E-state index in [9.17, 15) is 14.0 Å². The molecule has 7 heteroatoms.